The van der Waals surface area contributed by atoms with Crippen molar-refractivity contribution >= 4 is 22.8 Å². The molecule has 3 N–H and O–H groups in total. The summed E-state index contributed by atoms with van der Waals surface area (Å²) in [6.45, 7) is 16.4. The van der Waals surface area contributed by atoms with Gasteiger partial charge in [0.05, 0.1) is 17.1 Å². The molecule has 0 radical (unpaired) electrons. The maximum absolute atomic E-state index is 13.2. The first-order valence-electron chi connectivity index (χ1n) is 12.8. The maximum atomic E-state index is 13.2. The first-order chi connectivity index (χ1) is 17.8. The van der Waals surface area contributed by atoms with E-state index in [1.807, 2.05) is 73.6 Å². The van der Waals surface area contributed by atoms with Gasteiger partial charge in [-0.3, -0.25) is 14.6 Å². The van der Waals surface area contributed by atoms with E-state index in [4.69, 9.17) is 4.98 Å². The van der Waals surface area contributed by atoms with Gasteiger partial charge in [-0.05, 0) is 63.1 Å². The summed E-state index contributed by atoms with van der Waals surface area (Å²) in [5.74, 6) is 0.272. The molecule has 4 rings (SSSR count). The van der Waals surface area contributed by atoms with E-state index in [2.05, 4.69) is 25.7 Å². The Morgan fingerprint density at radius 3 is 2.35 bits per heavy atom. The van der Waals surface area contributed by atoms with Crippen molar-refractivity contribution in [2.24, 2.45) is 0 Å². The average Bonchev–Trinajstić information content (AvgIpc) is 3.33. The van der Waals surface area contributed by atoms with Crippen molar-refractivity contribution in [2.45, 2.75) is 74.5 Å². The third kappa shape index (κ3) is 7.25. The van der Waals surface area contributed by atoms with Gasteiger partial charge in [0.1, 0.15) is 5.82 Å². The predicted molar refractivity (Wildman–Crippen MR) is 150 cm³/mol. The molecule has 4 aromatic heterocycles. The molecule has 4 heterocycles. The Kier molecular flexibility index (Phi) is 11.0. The van der Waals surface area contributed by atoms with E-state index in [-0.39, 0.29) is 24.1 Å². The van der Waals surface area contributed by atoms with Crippen molar-refractivity contribution in [3.05, 3.63) is 81.2 Å². The van der Waals surface area contributed by atoms with Gasteiger partial charge in [0.15, 0.2) is 5.65 Å². The standard InChI is InChI=1S/C24H27N7O2.2C2H6/c1-14(2)31-22-20(13-28-31)18(10-21(30-22)26-11-17-5-7-25-8-6-17)23(32)27-12-19-15(3)9-16(4)29-24(19)33;2*1-2/h5-10,13-14H,11-12H2,1-4H3,(H,26,30)(H,27,32)(H,29,33);2*1-2H3. The van der Waals surface area contributed by atoms with E-state index in [0.29, 0.717) is 34.5 Å². The fourth-order valence-corrected chi connectivity index (χ4v) is 3.73. The van der Waals surface area contributed by atoms with E-state index in [1.54, 1.807) is 29.3 Å². The molecule has 0 aromatic carbocycles. The molecular weight excluding hydrogens is 466 g/mol. The lowest BCUT2D eigenvalue weighted by molar-refractivity contribution is 0.0952. The zero-order chi connectivity index (χ0) is 27.5. The summed E-state index contributed by atoms with van der Waals surface area (Å²) >= 11 is 0. The molecule has 0 aliphatic rings. The molecule has 1 amide bonds. The largest absolute Gasteiger partial charge is 0.366 e. The fraction of sp³-hybridized carbons (Fsp3) is 0.393. The van der Waals surface area contributed by atoms with Gasteiger partial charge in [-0.1, -0.05) is 27.7 Å². The lowest BCUT2D eigenvalue weighted by Crippen LogP contribution is -2.28. The van der Waals surface area contributed by atoms with Gasteiger partial charge in [-0.15, -0.1) is 0 Å². The van der Waals surface area contributed by atoms with Crippen LogP contribution < -0.4 is 16.2 Å². The van der Waals surface area contributed by atoms with Crippen molar-refractivity contribution < 1.29 is 4.79 Å². The Balaban J connectivity index is 0.00000115. The monoisotopic (exact) mass is 505 g/mol. The number of rotatable bonds is 7. The zero-order valence-electron chi connectivity index (χ0n) is 23.1. The first kappa shape index (κ1) is 29.2. The number of carbonyl (C=O) groups is 1. The van der Waals surface area contributed by atoms with Crippen LogP contribution in [0.3, 0.4) is 0 Å². The van der Waals surface area contributed by atoms with Gasteiger partial charge in [0.2, 0.25) is 0 Å². The number of nitrogens with zero attached hydrogens (tertiary/aromatic N) is 4. The van der Waals surface area contributed by atoms with E-state index in [1.165, 1.54) is 0 Å². The first-order valence-corrected chi connectivity index (χ1v) is 12.8. The van der Waals surface area contributed by atoms with Crippen LogP contribution in [0.4, 0.5) is 5.82 Å². The van der Waals surface area contributed by atoms with Gasteiger partial charge in [0, 0.05) is 42.8 Å². The van der Waals surface area contributed by atoms with Crippen LogP contribution in [-0.2, 0) is 13.1 Å². The van der Waals surface area contributed by atoms with Crippen molar-refractivity contribution in [3.8, 4) is 0 Å². The van der Waals surface area contributed by atoms with Crippen molar-refractivity contribution in [1.29, 1.82) is 0 Å². The lowest BCUT2D eigenvalue weighted by Gasteiger charge is -2.12. The van der Waals surface area contributed by atoms with Crippen LogP contribution in [-0.4, -0.2) is 30.6 Å². The molecule has 0 atom stereocenters. The number of hydrogen-bond donors (Lipinski definition) is 3. The number of nitrogens with one attached hydrogen (secondary N) is 3. The minimum Gasteiger partial charge on any atom is -0.366 e. The average molecular weight is 506 g/mol. The molecule has 9 nitrogen and oxygen atoms in total. The minimum atomic E-state index is -0.294. The number of amides is 1. The van der Waals surface area contributed by atoms with Gasteiger partial charge in [-0.2, -0.15) is 5.10 Å². The highest BCUT2D eigenvalue weighted by atomic mass is 16.1. The predicted octanol–water partition coefficient (Wildman–Crippen LogP) is 5.31. The van der Waals surface area contributed by atoms with Crippen LogP contribution in [0.15, 0.2) is 47.7 Å². The molecule has 0 saturated carbocycles. The highest BCUT2D eigenvalue weighted by molar-refractivity contribution is 6.06. The molecule has 0 aliphatic carbocycles. The van der Waals surface area contributed by atoms with E-state index < -0.39 is 0 Å². The number of H-pyrrole nitrogens is 1. The topological polar surface area (TPSA) is 118 Å². The lowest BCUT2D eigenvalue weighted by atomic mass is 10.1. The highest BCUT2D eigenvalue weighted by Crippen LogP contribution is 2.23. The summed E-state index contributed by atoms with van der Waals surface area (Å²) in [5.41, 5.74) is 4.08. The second-order valence-electron chi connectivity index (χ2n) is 8.31. The third-order valence-corrected chi connectivity index (χ3v) is 5.44. The molecule has 4 aromatic rings. The van der Waals surface area contributed by atoms with Gasteiger partial charge in [0.25, 0.3) is 11.5 Å². The Hall–Kier alpha value is -4.01. The number of aryl methyl sites for hydroxylation is 2. The molecule has 0 spiro atoms. The van der Waals surface area contributed by atoms with E-state index >= 15 is 0 Å². The number of fused-ring (bicyclic) bond motifs is 1. The number of aromatic nitrogens is 5. The van der Waals surface area contributed by atoms with Gasteiger partial charge in [-0.25, -0.2) is 9.67 Å². The molecule has 0 aliphatic heterocycles. The minimum absolute atomic E-state index is 0.0788. The number of anilines is 1. The van der Waals surface area contributed by atoms with Crippen LogP contribution in [0.25, 0.3) is 11.0 Å². The summed E-state index contributed by atoms with van der Waals surface area (Å²) < 4.78 is 1.79. The molecular formula is C28H39N7O2. The van der Waals surface area contributed by atoms with Gasteiger partial charge < -0.3 is 15.6 Å². The molecule has 0 saturated heterocycles. The van der Waals surface area contributed by atoms with Crippen molar-refractivity contribution in [2.75, 3.05) is 5.32 Å². The summed E-state index contributed by atoms with van der Waals surface area (Å²) in [4.78, 5) is 37.1. The fourth-order valence-electron chi connectivity index (χ4n) is 3.73. The SMILES string of the molecule is CC.CC.Cc1cc(C)c(CNC(=O)c2cc(NCc3ccncc3)nc3c2cnn3C(C)C)c(=O)[nH]1. The normalized spacial score (nSPS) is 10.3. The van der Waals surface area contributed by atoms with Crippen molar-refractivity contribution in [3.63, 3.8) is 0 Å². The Bertz CT molecular complexity index is 1360. The van der Waals surface area contributed by atoms with Crippen LogP contribution in [0.2, 0.25) is 0 Å². The van der Waals surface area contributed by atoms with Crippen molar-refractivity contribution in [1.82, 2.24) is 30.0 Å². The molecule has 9 heteroatoms. The van der Waals surface area contributed by atoms with Crippen LogP contribution >= 0.6 is 0 Å². The Morgan fingerprint density at radius 1 is 1.05 bits per heavy atom. The molecule has 0 unspecified atom stereocenters. The summed E-state index contributed by atoms with van der Waals surface area (Å²) in [5, 5.41) is 11.3. The summed E-state index contributed by atoms with van der Waals surface area (Å²) in [6, 6.07) is 7.52. The highest BCUT2D eigenvalue weighted by Gasteiger charge is 2.18. The van der Waals surface area contributed by atoms with E-state index in [9.17, 15) is 9.59 Å². The number of pyridine rings is 3. The summed E-state index contributed by atoms with van der Waals surface area (Å²) in [7, 11) is 0. The summed E-state index contributed by atoms with van der Waals surface area (Å²) in [6.07, 6.45) is 5.12. The van der Waals surface area contributed by atoms with Crippen LogP contribution in [0, 0.1) is 13.8 Å². The van der Waals surface area contributed by atoms with Crippen LogP contribution in [0.5, 0.6) is 0 Å². The van der Waals surface area contributed by atoms with Crippen LogP contribution in [0.1, 0.15) is 80.3 Å². The Labute approximate surface area is 218 Å². The zero-order valence-corrected chi connectivity index (χ0v) is 23.1. The number of hydrogen-bond acceptors (Lipinski definition) is 6. The second-order valence-corrected chi connectivity index (χ2v) is 8.31. The molecule has 0 fully saturated rings. The Morgan fingerprint density at radius 2 is 1.73 bits per heavy atom. The van der Waals surface area contributed by atoms with Gasteiger partial charge >= 0.3 is 0 Å². The second kappa shape index (κ2) is 13.9. The number of aromatic amines is 1. The quantitative estimate of drug-likeness (QED) is 0.313. The number of carbonyl (C=O) groups excluding carboxylic acids is 1. The third-order valence-electron chi connectivity index (χ3n) is 5.44. The molecule has 198 valence electrons. The molecule has 37 heavy (non-hydrogen) atoms. The van der Waals surface area contributed by atoms with E-state index in [0.717, 1.165) is 16.8 Å². The smallest absolute Gasteiger partial charge is 0.253 e. The maximum Gasteiger partial charge on any atom is 0.253 e. The molecule has 0 bridgehead atoms.